The Balaban J connectivity index is 1.56. The van der Waals surface area contributed by atoms with Crippen molar-refractivity contribution < 1.29 is 43.5 Å². The van der Waals surface area contributed by atoms with E-state index in [1.807, 2.05) is 45.0 Å². The number of aliphatic hydroxyl groups excluding tert-OH is 2. The number of oxime groups is 1. The molecule has 7 atom stereocenters. The summed E-state index contributed by atoms with van der Waals surface area (Å²) in [5.74, 6) is 0.313. The van der Waals surface area contributed by atoms with Crippen molar-refractivity contribution in [2.24, 2.45) is 28.3 Å². The lowest BCUT2D eigenvalue weighted by molar-refractivity contribution is -0.255. The van der Waals surface area contributed by atoms with E-state index in [2.05, 4.69) is 44.0 Å². The van der Waals surface area contributed by atoms with Gasteiger partial charge in [-0.15, -0.1) is 18.3 Å². The average molecular weight is 849 g/mol. The zero-order valence-electron chi connectivity index (χ0n) is 36.4. The lowest BCUT2D eigenvalue weighted by Crippen LogP contribution is -2.70. The molecule has 6 rings (SSSR count). The van der Waals surface area contributed by atoms with Gasteiger partial charge in [-0.1, -0.05) is 57.8 Å². The number of aliphatic hydroxyl groups is 2. The molecule has 0 radical (unpaired) electrons. The van der Waals surface area contributed by atoms with Gasteiger partial charge in [-0.3, -0.25) is 4.90 Å². The highest BCUT2D eigenvalue weighted by Crippen LogP contribution is 2.62. The Morgan fingerprint density at radius 1 is 1.05 bits per heavy atom. The smallest absolute Gasteiger partial charge is 0.410 e. The SMILES string of the molecule is C=CCO[C@@]12Oc3ccc(Oc4ccc(SC)cc4)cc3[C@H]3[C@H](CCCCO)[C@@H](CCCCO)C=C(C(=NOC4CCCCO4)C[C@@H]1N(CCC)C(=O)OCC(C)(C)C)[C@H]32. The van der Waals surface area contributed by atoms with Gasteiger partial charge in [0, 0.05) is 49.0 Å². The quantitative estimate of drug-likeness (QED) is 0.0575. The highest BCUT2D eigenvalue weighted by molar-refractivity contribution is 7.98. The van der Waals surface area contributed by atoms with Gasteiger partial charge in [-0.25, -0.2) is 4.79 Å². The van der Waals surface area contributed by atoms with Gasteiger partial charge in [0.15, 0.2) is 0 Å². The highest BCUT2D eigenvalue weighted by atomic mass is 32.2. The van der Waals surface area contributed by atoms with E-state index in [0.717, 1.165) is 72.4 Å². The van der Waals surface area contributed by atoms with Gasteiger partial charge in [0.05, 0.1) is 31.5 Å². The van der Waals surface area contributed by atoms with E-state index < -0.39 is 30.1 Å². The summed E-state index contributed by atoms with van der Waals surface area (Å²) in [4.78, 5) is 23.7. The van der Waals surface area contributed by atoms with Gasteiger partial charge in [0.25, 0.3) is 0 Å². The number of carbonyl (C=O) groups is 1. The summed E-state index contributed by atoms with van der Waals surface area (Å²) in [5, 5.41) is 24.8. The number of carbonyl (C=O) groups excluding carboxylic acids is 1. The minimum atomic E-state index is -1.37. The van der Waals surface area contributed by atoms with Crippen LogP contribution in [0.5, 0.6) is 17.2 Å². The minimum Gasteiger partial charge on any atom is -0.459 e. The van der Waals surface area contributed by atoms with E-state index >= 15 is 0 Å². The summed E-state index contributed by atoms with van der Waals surface area (Å²) < 4.78 is 33.1. The van der Waals surface area contributed by atoms with E-state index in [0.29, 0.717) is 50.3 Å². The van der Waals surface area contributed by atoms with Crippen LogP contribution in [-0.2, 0) is 19.0 Å². The number of fused-ring (bicyclic) bond motifs is 2. The molecule has 2 aliphatic heterocycles. The van der Waals surface area contributed by atoms with Crippen molar-refractivity contribution in [3.05, 3.63) is 72.3 Å². The standard InChI is InChI=1S/C48H68N2O9S/c1-7-24-50(46(53)55-32-47(3,4)5)42-31-40(49-59-43-17-11-14-28-54-43)38-29-33(15-9-12-25-51)37(16-10-13-26-52)44-39-30-35(57-34-18-21-36(60-6)22-19-34)20-23-41(39)58-48(42,45(38)44)56-27-8-2/h8,18-23,29-30,33,37,42-45,51-52H,2,7,9-17,24-28,31-32H2,1,3-6H3/t33-,37+,42-,43?,44+,45+,48+/m0/s1. The Labute approximate surface area is 361 Å². The maximum atomic E-state index is 14.5. The maximum absolute atomic E-state index is 14.5. The fourth-order valence-electron chi connectivity index (χ4n) is 9.38. The zero-order chi connectivity index (χ0) is 42.7. The molecule has 2 fully saturated rings. The molecule has 2 N–H and O–H groups in total. The number of unbranched alkanes of at least 4 members (excludes halogenated alkanes) is 2. The number of hydrogen-bond donors (Lipinski definition) is 2. The fraction of sp³-hybridized carbons (Fsp3) is 0.625. The van der Waals surface area contributed by atoms with E-state index in [1.165, 1.54) is 0 Å². The van der Waals surface area contributed by atoms with Crippen molar-refractivity contribution in [2.75, 3.05) is 45.8 Å². The molecule has 12 heteroatoms. The molecular formula is C48H68N2O9S. The van der Waals surface area contributed by atoms with E-state index in [-0.39, 0.29) is 49.6 Å². The van der Waals surface area contributed by atoms with Crippen LogP contribution in [0.25, 0.3) is 0 Å². The molecule has 1 unspecified atom stereocenters. The summed E-state index contributed by atoms with van der Waals surface area (Å²) >= 11 is 1.68. The molecule has 2 aromatic carbocycles. The molecule has 1 saturated heterocycles. The molecule has 1 amide bonds. The van der Waals surface area contributed by atoms with Crippen molar-refractivity contribution in [1.82, 2.24) is 4.90 Å². The summed E-state index contributed by atoms with van der Waals surface area (Å²) in [5.41, 5.74) is 2.47. The van der Waals surface area contributed by atoms with E-state index in [1.54, 1.807) is 22.7 Å². The van der Waals surface area contributed by atoms with Crippen LogP contribution < -0.4 is 9.47 Å². The summed E-state index contributed by atoms with van der Waals surface area (Å²) in [6, 6.07) is 13.4. The molecule has 2 heterocycles. The predicted molar refractivity (Wildman–Crippen MR) is 236 cm³/mol. The van der Waals surface area contributed by atoms with Crippen molar-refractivity contribution in [1.29, 1.82) is 0 Å². The van der Waals surface area contributed by atoms with Crippen molar-refractivity contribution in [3.63, 3.8) is 0 Å². The van der Waals surface area contributed by atoms with Gasteiger partial charge in [-0.2, -0.15) is 0 Å². The molecule has 330 valence electrons. The first-order valence-corrected chi connectivity index (χ1v) is 23.4. The molecule has 0 spiro atoms. The number of hydrogen-bond acceptors (Lipinski definition) is 11. The monoisotopic (exact) mass is 848 g/mol. The first-order valence-electron chi connectivity index (χ1n) is 22.2. The summed E-state index contributed by atoms with van der Waals surface area (Å²) in [6.07, 6.45) is 13.7. The topological polar surface area (TPSA) is 129 Å². The second-order valence-corrected chi connectivity index (χ2v) is 18.6. The molecule has 0 aromatic heterocycles. The van der Waals surface area contributed by atoms with Crippen molar-refractivity contribution >= 4 is 23.6 Å². The minimum absolute atomic E-state index is 0.0875. The predicted octanol–water partition coefficient (Wildman–Crippen LogP) is 10.3. The van der Waals surface area contributed by atoms with Gasteiger partial charge in [-0.05, 0) is 116 Å². The second kappa shape index (κ2) is 21.5. The molecule has 0 bridgehead atoms. The fourth-order valence-corrected chi connectivity index (χ4v) is 9.79. The molecule has 4 aliphatic rings. The van der Waals surface area contributed by atoms with Crippen molar-refractivity contribution in [2.45, 2.75) is 127 Å². The molecule has 11 nitrogen and oxygen atoms in total. The maximum Gasteiger partial charge on any atom is 0.410 e. The Morgan fingerprint density at radius 2 is 1.80 bits per heavy atom. The number of allylic oxidation sites excluding steroid dienone is 1. The van der Waals surface area contributed by atoms with Crippen LogP contribution in [0.15, 0.2) is 76.8 Å². The summed E-state index contributed by atoms with van der Waals surface area (Å²) in [7, 11) is 0. The number of thioether (sulfide) groups is 1. The molecule has 1 saturated carbocycles. The Morgan fingerprint density at radius 3 is 2.47 bits per heavy atom. The first-order chi connectivity index (χ1) is 29.0. The average Bonchev–Trinajstić information content (AvgIpc) is 3.25. The van der Waals surface area contributed by atoms with E-state index in [4.69, 9.17) is 33.7 Å². The van der Waals surface area contributed by atoms with Crippen LogP contribution >= 0.6 is 11.8 Å². The largest absolute Gasteiger partial charge is 0.459 e. The number of rotatable bonds is 20. The molecular weight excluding hydrogens is 781 g/mol. The van der Waals surface area contributed by atoms with Gasteiger partial charge in [0.2, 0.25) is 12.1 Å². The van der Waals surface area contributed by atoms with Crippen LogP contribution in [0.3, 0.4) is 0 Å². The Bertz CT molecular complexity index is 1770. The molecule has 2 aromatic rings. The lowest BCUT2D eigenvalue weighted by Gasteiger charge is -2.60. The Kier molecular flexibility index (Phi) is 16.5. The van der Waals surface area contributed by atoms with Crippen LogP contribution in [0, 0.1) is 23.2 Å². The number of amides is 1. The van der Waals surface area contributed by atoms with Crippen molar-refractivity contribution in [3.8, 4) is 17.2 Å². The van der Waals surface area contributed by atoms with Gasteiger partial charge >= 0.3 is 6.09 Å². The third-order valence-corrected chi connectivity index (χ3v) is 12.8. The Hall–Kier alpha value is -3.55. The van der Waals surface area contributed by atoms with Gasteiger partial charge in [0.1, 0.15) is 23.3 Å². The molecule has 2 aliphatic carbocycles. The van der Waals surface area contributed by atoms with Crippen LogP contribution in [0.1, 0.15) is 110 Å². The van der Waals surface area contributed by atoms with E-state index in [9.17, 15) is 15.0 Å². The summed E-state index contributed by atoms with van der Waals surface area (Å²) in [6.45, 7) is 13.9. The number of nitrogens with zero attached hydrogens (tertiary/aromatic N) is 2. The first kappa shape index (κ1) is 46.0. The zero-order valence-corrected chi connectivity index (χ0v) is 37.3. The number of benzene rings is 2. The second-order valence-electron chi connectivity index (χ2n) is 17.8. The van der Waals surface area contributed by atoms with Gasteiger partial charge < -0.3 is 38.7 Å². The number of ether oxygens (including phenoxy) is 5. The normalized spacial score (nSPS) is 26.6. The third-order valence-electron chi connectivity index (χ3n) is 12.1. The molecule has 60 heavy (non-hydrogen) atoms. The van der Waals surface area contributed by atoms with Crippen LogP contribution in [-0.4, -0.2) is 90.9 Å². The van der Waals surface area contributed by atoms with Crippen LogP contribution in [0.2, 0.25) is 0 Å². The third kappa shape index (κ3) is 10.9. The van der Waals surface area contributed by atoms with Crippen LogP contribution in [0.4, 0.5) is 4.79 Å². The highest BCUT2D eigenvalue weighted by Gasteiger charge is 2.65. The lowest BCUT2D eigenvalue weighted by atomic mass is 9.55.